The maximum atomic E-state index is 6.20. The SMILES string of the molecule is c1ccc(COC2COC3(CCN(Cc4nccs4)CC3)C2)cc1. The molecule has 4 rings (SSSR count). The Morgan fingerprint density at radius 2 is 2.08 bits per heavy atom. The molecule has 0 N–H and O–H groups in total. The van der Waals surface area contributed by atoms with E-state index in [1.54, 1.807) is 11.3 Å². The number of nitrogens with zero attached hydrogens (tertiary/aromatic N) is 2. The van der Waals surface area contributed by atoms with Gasteiger partial charge in [0.25, 0.3) is 0 Å². The summed E-state index contributed by atoms with van der Waals surface area (Å²) in [7, 11) is 0. The first-order valence-corrected chi connectivity index (χ1v) is 9.60. The molecule has 1 unspecified atom stereocenters. The smallest absolute Gasteiger partial charge is 0.107 e. The third kappa shape index (κ3) is 3.86. The Bertz CT molecular complexity index is 624. The van der Waals surface area contributed by atoms with E-state index in [1.807, 2.05) is 12.3 Å². The summed E-state index contributed by atoms with van der Waals surface area (Å²) in [6, 6.07) is 10.4. The van der Waals surface area contributed by atoms with Crippen LogP contribution in [-0.4, -0.2) is 41.3 Å². The number of likely N-dealkylation sites (tertiary alicyclic amines) is 1. The van der Waals surface area contributed by atoms with E-state index in [9.17, 15) is 0 Å². The number of piperidine rings is 1. The summed E-state index contributed by atoms with van der Waals surface area (Å²) in [4.78, 5) is 6.88. The molecule has 1 atom stereocenters. The van der Waals surface area contributed by atoms with Crippen LogP contribution >= 0.6 is 11.3 Å². The van der Waals surface area contributed by atoms with Crippen LogP contribution in [0, 0.1) is 0 Å². The van der Waals surface area contributed by atoms with Crippen molar-refractivity contribution in [3.8, 4) is 0 Å². The van der Waals surface area contributed by atoms with Crippen molar-refractivity contribution in [1.29, 1.82) is 0 Å². The zero-order chi connectivity index (χ0) is 16.2. The van der Waals surface area contributed by atoms with Crippen LogP contribution in [0.25, 0.3) is 0 Å². The molecule has 3 heterocycles. The minimum atomic E-state index is 0.0424. The van der Waals surface area contributed by atoms with Gasteiger partial charge >= 0.3 is 0 Å². The highest BCUT2D eigenvalue weighted by Crippen LogP contribution is 2.37. The Kier molecular flexibility index (Phi) is 4.94. The topological polar surface area (TPSA) is 34.6 Å². The van der Waals surface area contributed by atoms with Gasteiger partial charge < -0.3 is 9.47 Å². The number of benzene rings is 1. The van der Waals surface area contributed by atoms with Gasteiger partial charge in [-0.05, 0) is 18.4 Å². The summed E-state index contributed by atoms with van der Waals surface area (Å²) in [5.74, 6) is 0. The van der Waals surface area contributed by atoms with E-state index < -0.39 is 0 Å². The van der Waals surface area contributed by atoms with Crippen molar-refractivity contribution in [3.63, 3.8) is 0 Å². The van der Waals surface area contributed by atoms with Crippen LogP contribution in [0.4, 0.5) is 0 Å². The molecule has 1 aromatic heterocycles. The summed E-state index contributed by atoms with van der Waals surface area (Å²) in [5.41, 5.74) is 1.28. The average molecular weight is 344 g/mol. The van der Waals surface area contributed by atoms with Gasteiger partial charge in [0.05, 0.1) is 31.5 Å². The highest BCUT2D eigenvalue weighted by Gasteiger charge is 2.43. The summed E-state index contributed by atoms with van der Waals surface area (Å²) >= 11 is 1.74. The molecule has 1 spiro atoms. The highest BCUT2D eigenvalue weighted by molar-refractivity contribution is 7.09. The lowest BCUT2D eigenvalue weighted by molar-refractivity contribution is -0.0468. The fraction of sp³-hybridized carbons (Fsp3) is 0.526. The van der Waals surface area contributed by atoms with E-state index in [0.29, 0.717) is 6.61 Å². The van der Waals surface area contributed by atoms with Crippen molar-refractivity contribution < 1.29 is 9.47 Å². The third-order valence-corrected chi connectivity index (χ3v) is 5.88. The van der Waals surface area contributed by atoms with Gasteiger partial charge in [-0.15, -0.1) is 11.3 Å². The first-order chi connectivity index (χ1) is 11.8. The van der Waals surface area contributed by atoms with Crippen LogP contribution in [0.15, 0.2) is 41.9 Å². The number of hydrogen-bond acceptors (Lipinski definition) is 5. The van der Waals surface area contributed by atoms with Crippen molar-refractivity contribution in [1.82, 2.24) is 9.88 Å². The highest BCUT2D eigenvalue weighted by atomic mass is 32.1. The first kappa shape index (κ1) is 16.2. The van der Waals surface area contributed by atoms with E-state index in [1.165, 1.54) is 10.6 Å². The van der Waals surface area contributed by atoms with Crippen molar-refractivity contribution >= 4 is 11.3 Å². The molecule has 2 aliphatic heterocycles. The van der Waals surface area contributed by atoms with Crippen LogP contribution in [0.1, 0.15) is 29.8 Å². The number of ether oxygens (including phenoxy) is 2. The van der Waals surface area contributed by atoms with Crippen molar-refractivity contribution in [2.24, 2.45) is 0 Å². The maximum Gasteiger partial charge on any atom is 0.107 e. The van der Waals surface area contributed by atoms with Gasteiger partial charge in [0.1, 0.15) is 5.01 Å². The number of rotatable bonds is 5. The summed E-state index contributed by atoms with van der Waals surface area (Å²) < 4.78 is 12.3. The molecule has 2 aromatic rings. The molecular weight excluding hydrogens is 320 g/mol. The van der Waals surface area contributed by atoms with Gasteiger partial charge in [0.15, 0.2) is 0 Å². The lowest BCUT2D eigenvalue weighted by Crippen LogP contribution is -2.43. The molecule has 5 heteroatoms. The molecule has 0 saturated carbocycles. The molecule has 0 radical (unpaired) electrons. The molecular formula is C19H24N2O2S. The Morgan fingerprint density at radius 1 is 1.25 bits per heavy atom. The standard InChI is InChI=1S/C19H24N2O2S/c1-2-4-16(5-3-1)14-22-17-12-19(23-15-17)6-9-21(10-7-19)13-18-20-8-11-24-18/h1-5,8,11,17H,6-7,9-10,12-15H2. The average Bonchev–Trinajstić information content (AvgIpc) is 3.27. The Labute approximate surface area is 147 Å². The van der Waals surface area contributed by atoms with E-state index >= 15 is 0 Å². The molecule has 2 saturated heterocycles. The van der Waals surface area contributed by atoms with Gasteiger partial charge in [-0.2, -0.15) is 0 Å². The fourth-order valence-electron chi connectivity index (χ4n) is 3.69. The van der Waals surface area contributed by atoms with Gasteiger partial charge in [0.2, 0.25) is 0 Å². The fourth-order valence-corrected chi connectivity index (χ4v) is 4.34. The Hall–Kier alpha value is -1.27. The molecule has 0 amide bonds. The molecule has 0 aliphatic carbocycles. The van der Waals surface area contributed by atoms with Crippen LogP contribution in [-0.2, 0) is 22.6 Å². The van der Waals surface area contributed by atoms with E-state index in [2.05, 4.69) is 39.5 Å². The number of hydrogen-bond donors (Lipinski definition) is 0. The second-order valence-electron chi connectivity index (χ2n) is 6.82. The van der Waals surface area contributed by atoms with Crippen LogP contribution in [0.5, 0.6) is 0 Å². The van der Waals surface area contributed by atoms with Crippen molar-refractivity contribution in [2.75, 3.05) is 19.7 Å². The quantitative estimate of drug-likeness (QED) is 0.832. The van der Waals surface area contributed by atoms with Crippen LogP contribution < -0.4 is 0 Å². The zero-order valence-corrected chi connectivity index (χ0v) is 14.7. The van der Waals surface area contributed by atoms with Gasteiger partial charge in [-0.1, -0.05) is 30.3 Å². The lowest BCUT2D eigenvalue weighted by Gasteiger charge is -2.38. The molecule has 2 aliphatic rings. The first-order valence-electron chi connectivity index (χ1n) is 8.72. The Balaban J connectivity index is 1.24. The number of aromatic nitrogens is 1. The van der Waals surface area contributed by atoms with Crippen molar-refractivity contribution in [2.45, 2.75) is 44.1 Å². The third-order valence-electron chi connectivity index (χ3n) is 5.11. The second-order valence-corrected chi connectivity index (χ2v) is 7.80. The molecule has 1 aromatic carbocycles. The summed E-state index contributed by atoms with van der Waals surface area (Å²) in [6.07, 6.45) is 5.36. The van der Waals surface area contributed by atoms with Gasteiger partial charge in [0, 0.05) is 31.1 Å². The lowest BCUT2D eigenvalue weighted by atomic mass is 9.88. The maximum absolute atomic E-state index is 6.20. The molecule has 2 fully saturated rings. The van der Waals surface area contributed by atoms with Gasteiger partial charge in [-0.3, -0.25) is 4.90 Å². The molecule has 24 heavy (non-hydrogen) atoms. The van der Waals surface area contributed by atoms with E-state index in [4.69, 9.17) is 9.47 Å². The molecule has 128 valence electrons. The largest absolute Gasteiger partial charge is 0.372 e. The predicted molar refractivity (Wildman–Crippen MR) is 94.9 cm³/mol. The zero-order valence-electron chi connectivity index (χ0n) is 13.9. The van der Waals surface area contributed by atoms with E-state index in [0.717, 1.165) is 45.5 Å². The van der Waals surface area contributed by atoms with Crippen LogP contribution in [0.3, 0.4) is 0 Å². The van der Waals surface area contributed by atoms with Crippen molar-refractivity contribution in [3.05, 3.63) is 52.5 Å². The van der Waals surface area contributed by atoms with Gasteiger partial charge in [-0.25, -0.2) is 4.98 Å². The minimum Gasteiger partial charge on any atom is -0.372 e. The Morgan fingerprint density at radius 3 is 2.83 bits per heavy atom. The van der Waals surface area contributed by atoms with Crippen LogP contribution in [0.2, 0.25) is 0 Å². The normalized spacial score (nSPS) is 23.8. The minimum absolute atomic E-state index is 0.0424. The molecule has 4 nitrogen and oxygen atoms in total. The summed E-state index contributed by atoms with van der Waals surface area (Å²) in [5, 5.41) is 3.26. The molecule has 0 bridgehead atoms. The predicted octanol–water partition coefficient (Wildman–Crippen LogP) is 3.48. The van der Waals surface area contributed by atoms with E-state index in [-0.39, 0.29) is 11.7 Å². The second kappa shape index (κ2) is 7.31. The summed E-state index contributed by atoms with van der Waals surface area (Å²) in [6.45, 7) is 4.57. The number of thiazole rings is 1. The monoisotopic (exact) mass is 344 g/mol.